The summed E-state index contributed by atoms with van der Waals surface area (Å²) in [5, 5.41) is 42.0. The first-order valence-electron chi connectivity index (χ1n) is 17.6. The van der Waals surface area contributed by atoms with E-state index < -0.39 is 12.1 Å². The number of aliphatic hydroxyl groups excluding tert-OH is 3. The lowest BCUT2D eigenvalue weighted by Crippen LogP contribution is -2.62. The largest absolute Gasteiger partial charge is 0.481 e. The molecule has 0 aromatic rings. The van der Waals surface area contributed by atoms with E-state index >= 15 is 0 Å². The lowest BCUT2D eigenvalue weighted by Gasteiger charge is -2.63. The molecule has 1 heterocycles. The van der Waals surface area contributed by atoms with Gasteiger partial charge in [0.15, 0.2) is 0 Å². The first-order chi connectivity index (χ1) is 20.4. The Balaban J connectivity index is 0.000000255. The van der Waals surface area contributed by atoms with Crippen molar-refractivity contribution >= 4 is 5.97 Å². The van der Waals surface area contributed by atoms with Crippen LogP contribution in [0.5, 0.6) is 0 Å². The molecule has 5 rings (SSSR count). The highest BCUT2D eigenvalue weighted by atomic mass is 16.4. The van der Waals surface area contributed by atoms with Crippen LogP contribution in [0.15, 0.2) is 0 Å². The number of hydrogen-bond acceptors (Lipinski definition) is 8. The lowest BCUT2D eigenvalue weighted by atomic mass is 9.43. The number of rotatable bonds is 10. The third-order valence-corrected chi connectivity index (χ3v) is 13.2. The van der Waals surface area contributed by atoms with Gasteiger partial charge in [-0.2, -0.15) is 0 Å². The molecule has 9 heteroatoms. The van der Waals surface area contributed by atoms with Gasteiger partial charge < -0.3 is 41.7 Å². The normalized spacial score (nSPS) is 42.2. The zero-order valence-corrected chi connectivity index (χ0v) is 27.4. The minimum atomic E-state index is -0.748. The smallest absolute Gasteiger partial charge is 0.303 e. The first-order valence-corrected chi connectivity index (χ1v) is 17.6. The lowest BCUT2D eigenvalue weighted by molar-refractivity contribution is -0.207. The molecule has 8 N–H and O–H groups in total. The van der Waals surface area contributed by atoms with Gasteiger partial charge >= 0.3 is 5.97 Å². The van der Waals surface area contributed by atoms with Crippen LogP contribution in [-0.4, -0.2) is 107 Å². The minimum absolute atomic E-state index is 0.0957. The number of piperazine rings is 1. The number of nitrogens with zero attached hydrogens (tertiary/aromatic N) is 2. The van der Waals surface area contributed by atoms with Crippen molar-refractivity contribution in [1.29, 1.82) is 0 Å². The van der Waals surface area contributed by atoms with Crippen molar-refractivity contribution in [2.24, 2.45) is 57.8 Å². The molecule has 11 atom stereocenters. The van der Waals surface area contributed by atoms with Crippen molar-refractivity contribution in [1.82, 2.24) is 9.80 Å². The van der Waals surface area contributed by atoms with Crippen molar-refractivity contribution in [3.8, 4) is 0 Å². The molecule has 250 valence electrons. The van der Waals surface area contributed by atoms with E-state index in [-0.39, 0.29) is 41.3 Å². The maximum Gasteiger partial charge on any atom is 0.303 e. The number of hydrogen-bond donors (Lipinski definition) is 6. The standard InChI is InChI=1S/C24H40O5.C10H24N4/c1-13(4-7-21(28)29)16-5-6-17-22-18(12-20(27)24(16,17)3)23(2)9-8-15(25)10-14(23)11-19(22)26;11-3-1-5-13-7-9-14(10-8-13)6-2-4-12/h13-20,22,25-27H,4-12H2,1-3H3,(H,28,29);1-12H2. The molecule has 1 aliphatic heterocycles. The summed E-state index contributed by atoms with van der Waals surface area (Å²) >= 11 is 0. The fourth-order valence-electron chi connectivity index (χ4n) is 10.6. The number of aliphatic carboxylic acids is 1. The van der Waals surface area contributed by atoms with E-state index in [9.17, 15) is 20.1 Å². The number of aliphatic hydroxyl groups is 3. The van der Waals surface area contributed by atoms with Crippen LogP contribution in [0.2, 0.25) is 0 Å². The highest BCUT2D eigenvalue weighted by Gasteiger charge is 2.65. The Kier molecular flexibility index (Phi) is 12.4. The zero-order valence-electron chi connectivity index (χ0n) is 27.4. The molecule has 11 unspecified atom stereocenters. The minimum Gasteiger partial charge on any atom is -0.481 e. The van der Waals surface area contributed by atoms with Gasteiger partial charge in [-0.05, 0) is 137 Å². The van der Waals surface area contributed by atoms with Gasteiger partial charge in [-0.3, -0.25) is 4.79 Å². The van der Waals surface area contributed by atoms with E-state index in [1.54, 1.807) is 0 Å². The maximum absolute atomic E-state index is 11.5. The van der Waals surface area contributed by atoms with Gasteiger partial charge in [0.2, 0.25) is 0 Å². The Hall–Kier alpha value is -0.810. The molecule has 0 spiro atoms. The molecule has 0 bridgehead atoms. The Morgan fingerprint density at radius 1 is 0.884 bits per heavy atom. The summed E-state index contributed by atoms with van der Waals surface area (Å²) in [6.07, 6.45) is 8.25. The number of carbonyl (C=O) groups is 1. The van der Waals surface area contributed by atoms with Gasteiger partial charge in [0.05, 0.1) is 18.3 Å². The molecule has 0 aromatic heterocycles. The highest BCUT2D eigenvalue weighted by molar-refractivity contribution is 5.66. The fraction of sp³-hybridized carbons (Fsp3) is 0.971. The summed E-state index contributed by atoms with van der Waals surface area (Å²) in [4.78, 5) is 16.1. The second-order valence-corrected chi connectivity index (χ2v) is 15.4. The summed E-state index contributed by atoms with van der Waals surface area (Å²) in [6, 6.07) is 0. The molecule has 43 heavy (non-hydrogen) atoms. The monoisotopic (exact) mass is 608 g/mol. The van der Waals surface area contributed by atoms with Crippen LogP contribution in [0.4, 0.5) is 0 Å². The summed E-state index contributed by atoms with van der Waals surface area (Å²) in [7, 11) is 0. The van der Waals surface area contributed by atoms with Crippen molar-refractivity contribution in [3.63, 3.8) is 0 Å². The van der Waals surface area contributed by atoms with Crippen LogP contribution in [0.3, 0.4) is 0 Å². The van der Waals surface area contributed by atoms with Crippen molar-refractivity contribution < 1.29 is 25.2 Å². The second kappa shape index (κ2) is 15.2. The maximum atomic E-state index is 11.5. The Labute approximate surface area is 260 Å². The van der Waals surface area contributed by atoms with Crippen LogP contribution in [-0.2, 0) is 4.79 Å². The molecule has 1 saturated heterocycles. The zero-order chi connectivity index (χ0) is 31.4. The van der Waals surface area contributed by atoms with Crippen LogP contribution in [0.25, 0.3) is 0 Å². The summed E-state index contributed by atoms with van der Waals surface area (Å²) in [5.41, 5.74) is 10.8. The van der Waals surface area contributed by atoms with Crippen LogP contribution in [0, 0.1) is 46.3 Å². The van der Waals surface area contributed by atoms with E-state index in [0.29, 0.717) is 30.1 Å². The predicted molar refractivity (Wildman–Crippen MR) is 170 cm³/mol. The molecule has 4 saturated carbocycles. The van der Waals surface area contributed by atoms with Crippen molar-refractivity contribution in [2.45, 2.75) is 110 Å². The summed E-state index contributed by atoms with van der Waals surface area (Å²) in [5.74, 6) is 0.997. The molecule has 0 radical (unpaired) electrons. The molecular weight excluding hydrogens is 544 g/mol. The molecule has 5 aliphatic rings. The van der Waals surface area contributed by atoms with Crippen molar-refractivity contribution in [3.05, 3.63) is 0 Å². The molecule has 0 amide bonds. The number of carboxylic acid groups (broad SMARTS) is 1. The fourth-order valence-corrected chi connectivity index (χ4v) is 10.6. The molecular formula is C34H64N4O5. The van der Waals surface area contributed by atoms with Gasteiger partial charge in [-0.15, -0.1) is 0 Å². The quantitative estimate of drug-likeness (QED) is 0.220. The van der Waals surface area contributed by atoms with E-state index in [2.05, 4.69) is 30.6 Å². The van der Waals surface area contributed by atoms with E-state index in [1.807, 2.05) is 0 Å². The van der Waals surface area contributed by atoms with E-state index in [4.69, 9.17) is 16.6 Å². The third-order valence-electron chi connectivity index (χ3n) is 13.2. The number of fused-ring (bicyclic) bond motifs is 5. The molecule has 4 aliphatic carbocycles. The van der Waals surface area contributed by atoms with E-state index in [1.165, 1.54) is 39.3 Å². The van der Waals surface area contributed by atoms with Gasteiger partial charge in [0, 0.05) is 32.6 Å². The van der Waals surface area contributed by atoms with Gasteiger partial charge in [0.1, 0.15) is 0 Å². The Bertz CT molecular complexity index is 871. The van der Waals surface area contributed by atoms with Crippen LogP contribution in [0.1, 0.15) is 91.4 Å². The summed E-state index contributed by atoms with van der Waals surface area (Å²) in [6.45, 7) is 15.5. The average Bonchev–Trinajstić information content (AvgIpc) is 3.34. The average molecular weight is 609 g/mol. The molecule has 5 fully saturated rings. The molecule has 9 nitrogen and oxygen atoms in total. The second-order valence-electron chi connectivity index (χ2n) is 15.4. The summed E-state index contributed by atoms with van der Waals surface area (Å²) < 4.78 is 0. The number of nitrogens with two attached hydrogens (primary N) is 2. The topological polar surface area (TPSA) is 157 Å². The SMILES string of the molecule is CC(CCC(=O)O)C1CCC2C3C(O)CC4CC(O)CCC4(C)C3CC(O)C12C.NCCCN1CCN(CCCN)CC1. The van der Waals surface area contributed by atoms with E-state index in [0.717, 1.165) is 70.9 Å². The van der Waals surface area contributed by atoms with Crippen molar-refractivity contribution in [2.75, 3.05) is 52.4 Å². The van der Waals surface area contributed by atoms with Gasteiger partial charge in [-0.25, -0.2) is 0 Å². The Morgan fingerprint density at radius 2 is 1.49 bits per heavy atom. The number of carboxylic acids is 1. The van der Waals surface area contributed by atoms with Crippen LogP contribution < -0.4 is 11.5 Å². The third kappa shape index (κ3) is 7.61. The predicted octanol–water partition coefficient (Wildman–Crippen LogP) is 2.75. The van der Waals surface area contributed by atoms with Gasteiger partial charge in [0.25, 0.3) is 0 Å². The van der Waals surface area contributed by atoms with Crippen LogP contribution >= 0.6 is 0 Å². The molecule has 0 aromatic carbocycles. The first kappa shape index (κ1) is 35.1. The Morgan fingerprint density at radius 3 is 2.05 bits per heavy atom. The van der Waals surface area contributed by atoms with Gasteiger partial charge in [-0.1, -0.05) is 20.8 Å². The highest BCUT2D eigenvalue weighted by Crippen LogP contribution is 2.68.